The molecule has 0 spiro atoms. The molecule has 5 nitrogen and oxygen atoms in total. The van der Waals surface area contributed by atoms with E-state index in [0.717, 1.165) is 54.3 Å². The van der Waals surface area contributed by atoms with Gasteiger partial charge in [-0.25, -0.2) is 13.8 Å². The van der Waals surface area contributed by atoms with Crippen molar-refractivity contribution in [2.75, 3.05) is 7.11 Å². The number of nitrogens with zero attached hydrogens (tertiary/aromatic N) is 3. The van der Waals surface area contributed by atoms with E-state index in [1.54, 1.807) is 19.5 Å². The van der Waals surface area contributed by atoms with E-state index in [2.05, 4.69) is 4.98 Å². The number of benzene rings is 2. The molecule has 2 aliphatic heterocycles. The van der Waals surface area contributed by atoms with E-state index in [9.17, 15) is 13.6 Å². The van der Waals surface area contributed by atoms with Crippen molar-refractivity contribution in [2.24, 2.45) is 0 Å². The van der Waals surface area contributed by atoms with Crippen molar-refractivity contribution in [3.63, 3.8) is 0 Å². The lowest BCUT2D eigenvalue weighted by molar-refractivity contribution is -0.136. The topological polar surface area (TPSA) is 47.4 Å². The lowest BCUT2D eigenvalue weighted by atomic mass is 9.84. The van der Waals surface area contributed by atoms with Crippen molar-refractivity contribution in [2.45, 2.75) is 51.1 Å². The van der Waals surface area contributed by atoms with Crippen LogP contribution in [-0.4, -0.2) is 33.5 Å². The smallest absolute Gasteiger partial charge is 0.250 e. The van der Waals surface area contributed by atoms with E-state index in [4.69, 9.17) is 4.74 Å². The number of methoxy groups -OCH3 is 1. The van der Waals surface area contributed by atoms with Gasteiger partial charge in [-0.15, -0.1) is 0 Å². The molecule has 176 valence electrons. The summed E-state index contributed by atoms with van der Waals surface area (Å²) >= 11 is 0. The highest BCUT2D eigenvalue weighted by Crippen LogP contribution is 2.41. The molecule has 0 aliphatic carbocycles. The fourth-order valence-electron chi connectivity index (χ4n) is 5.20. The van der Waals surface area contributed by atoms with Gasteiger partial charge in [0.2, 0.25) is 0 Å². The van der Waals surface area contributed by atoms with E-state index in [-0.39, 0.29) is 18.0 Å². The minimum Gasteiger partial charge on any atom is -0.495 e. The first-order chi connectivity index (χ1) is 16.4. The van der Waals surface area contributed by atoms with Gasteiger partial charge in [0.15, 0.2) is 11.6 Å². The fraction of sp³-hybridized carbons (Fsp3) is 0.333. The molecule has 2 aliphatic rings. The zero-order chi connectivity index (χ0) is 23.8. The van der Waals surface area contributed by atoms with E-state index in [1.165, 1.54) is 6.07 Å². The molecule has 0 unspecified atom stereocenters. The van der Waals surface area contributed by atoms with Gasteiger partial charge in [0.1, 0.15) is 5.75 Å². The van der Waals surface area contributed by atoms with Gasteiger partial charge in [0.25, 0.3) is 5.91 Å². The van der Waals surface area contributed by atoms with Gasteiger partial charge in [-0.2, -0.15) is 0 Å². The normalized spacial score (nSPS) is 21.6. The summed E-state index contributed by atoms with van der Waals surface area (Å²) < 4.78 is 35.0. The van der Waals surface area contributed by atoms with E-state index < -0.39 is 11.6 Å². The minimum absolute atomic E-state index is 0.0287. The molecule has 2 aromatic carbocycles. The molecule has 3 aromatic rings. The van der Waals surface area contributed by atoms with E-state index in [0.29, 0.717) is 17.7 Å². The Balaban J connectivity index is 1.45. The van der Waals surface area contributed by atoms with Crippen LogP contribution in [0.5, 0.6) is 5.75 Å². The third-order valence-corrected chi connectivity index (χ3v) is 6.86. The zero-order valence-corrected chi connectivity index (χ0v) is 19.3. The number of carbonyl (C=O) groups excluding carboxylic acids is 1. The zero-order valence-electron chi connectivity index (χ0n) is 19.3. The molecule has 1 amide bonds. The lowest BCUT2D eigenvalue weighted by Crippen LogP contribution is -2.49. The summed E-state index contributed by atoms with van der Waals surface area (Å²) in [6.07, 6.45) is 9.78. The summed E-state index contributed by atoms with van der Waals surface area (Å²) in [7, 11) is 1.62. The van der Waals surface area contributed by atoms with Gasteiger partial charge in [-0.05, 0) is 80.5 Å². The Hall–Kier alpha value is -3.48. The number of carbonyl (C=O) groups is 1. The van der Waals surface area contributed by atoms with Gasteiger partial charge in [0, 0.05) is 17.8 Å². The summed E-state index contributed by atoms with van der Waals surface area (Å²) in [6, 6.07) is 9.68. The van der Waals surface area contributed by atoms with Crippen LogP contribution in [0.3, 0.4) is 0 Å². The molecule has 3 heterocycles. The van der Waals surface area contributed by atoms with Crippen molar-refractivity contribution < 1.29 is 18.3 Å². The second kappa shape index (κ2) is 9.05. The van der Waals surface area contributed by atoms with Crippen LogP contribution in [0.4, 0.5) is 8.78 Å². The molecule has 0 radical (unpaired) electrons. The Morgan fingerprint density at radius 3 is 2.68 bits per heavy atom. The molecule has 1 aromatic heterocycles. The van der Waals surface area contributed by atoms with Crippen molar-refractivity contribution in [3.05, 3.63) is 83.0 Å². The van der Waals surface area contributed by atoms with Crippen LogP contribution in [-0.2, 0) is 4.79 Å². The second-order valence-corrected chi connectivity index (χ2v) is 9.05. The predicted octanol–water partition coefficient (Wildman–Crippen LogP) is 5.77. The van der Waals surface area contributed by atoms with Gasteiger partial charge in [-0.1, -0.05) is 12.1 Å². The van der Waals surface area contributed by atoms with Crippen LogP contribution in [0.1, 0.15) is 55.0 Å². The molecule has 34 heavy (non-hydrogen) atoms. The molecule has 0 saturated carbocycles. The molecule has 2 saturated heterocycles. The number of halogens is 2. The van der Waals surface area contributed by atoms with Crippen molar-refractivity contribution in [3.8, 4) is 11.4 Å². The molecule has 0 bridgehead atoms. The Bertz CT molecular complexity index is 1270. The molecule has 7 heteroatoms. The van der Waals surface area contributed by atoms with E-state index in [1.807, 2.05) is 46.9 Å². The Labute approximate surface area is 197 Å². The number of hydrogen-bond donors (Lipinski definition) is 0. The standard InChI is InChI=1S/C27H27F2N3O2/c1-17-15-31(16-30-17)25-11-6-18(13-26(25)34-2)12-20-7-9-21-4-3-5-24(32(21)27(20)33)19-8-10-22(28)23(29)14-19/h6,8,10-16,21,24H,3-5,7,9H2,1-2H3/b20-12+/t21-,24+/m1/s1. The van der Waals surface area contributed by atoms with Crippen LogP contribution in [0, 0.1) is 18.6 Å². The van der Waals surface area contributed by atoms with Crippen LogP contribution in [0.25, 0.3) is 11.8 Å². The highest BCUT2D eigenvalue weighted by molar-refractivity contribution is 5.99. The first-order valence-corrected chi connectivity index (χ1v) is 11.6. The van der Waals surface area contributed by atoms with Gasteiger partial charge in [-0.3, -0.25) is 4.79 Å². The number of rotatable bonds is 4. The lowest BCUT2D eigenvalue weighted by Gasteiger charge is -2.46. The second-order valence-electron chi connectivity index (χ2n) is 9.05. The average Bonchev–Trinajstić information content (AvgIpc) is 3.28. The Morgan fingerprint density at radius 2 is 1.94 bits per heavy atom. The molecule has 2 atom stereocenters. The van der Waals surface area contributed by atoms with E-state index >= 15 is 0 Å². The Kier molecular flexibility index (Phi) is 5.94. The number of amides is 1. The minimum atomic E-state index is -0.875. The third-order valence-electron chi connectivity index (χ3n) is 6.86. The summed E-state index contributed by atoms with van der Waals surface area (Å²) in [6.45, 7) is 1.93. The number of imidazole rings is 1. The summed E-state index contributed by atoms with van der Waals surface area (Å²) in [5, 5.41) is 0. The molecular formula is C27H27F2N3O2. The molecule has 2 fully saturated rings. The number of piperidine rings is 2. The van der Waals surface area contributed by atoms with Crippen molar-refractivity contribution in [1.82, 2.24) is 14.5 Å². The molecular weight excluding hydrogens is 436 g/mol. The average molecular weight is 464 g/mol. The van der Waals surface area contributed by atoms with Crippen LogP contribution >= 0.6 is 0 Å². The predicted molar refractivity (Wildman–Crippen MR) is 126 cm³/mol. The third kappa shape index (κ3) is 4.11. The highest BCUT2D eigenvalue weighted by atomic mass is 19.2. The summed E-state index contributed by atoms with van der Waals surface area (Å²) in [5.74, 6) is -1.09. The van der Waals surface area contributed by atoms with Crippen molar-refractivity contribution >= 4 is 12.0 Å². The number of aryl methyl sites for hydroxylation is 1. The van der Waals surface area contributed by atoms with Crippen LogP contribution in [0.2, 0.25) is 0 Å². The van der Waals surface area contributed by atoms with Gasteiger partial charge in [0.05, 0.1) is 30.9 Å². The summed E-state index contributed by atoms with van der Waals surface area (Å²) in [5.41, 5.74) is 4.03. The number of ether oxygens (including phenoxy) is 1. The van der Waals surface area contributed by atoms with Crippen LogP contribution in [0.15, 0.2) is 54.5 Å². The molecule has 5 rings (SSSR count). The monoisotopic (exact) mass is 463 g/mol. The van der Waals surface area contributed by atoms with Gasteiger partial charge < -0.3 is 14.2 Å². The summed E-state index contributed by atoms with van der Waals surface area (Å²) in [4.78, 5) is 19.8. The Morgan fingerprint density at radius 1 is 1.09 bits per heavy atom. The number of hydrogen-bond acceptors (Lipinski definition) is 3. The quantitative estimate of drug-likeness (QED) is 0.462. The van der Waals surface area contributed by atoms with Gasteiger partial charge >= 0.3 is 0 Å². The molecule has 0 N–H and O–H groups in total. The van der Waals surface area contributed by atoms with Crippen LogP contribution < -0.4 is 4.74 Å². The number of aromatic nitrogens is 2. The largest absolute Gasteiger partial charge is 0.495 e. The van der Waals surface area contributed by atoms with Crippen molar-refractivity contribution in [1.29, 1.82) is 0 Å². The fourth-order valence-corrected chi connectivity index (χ4v) is 5.20. The first kappa shape index (κ1) is 22.3. The maximum Gasteiger partial charge on any atom is 0.250 e. The number of fused-ring (bicyclic) bond motifs is 1. The highest BCUT2D eigenvalue weighted by Gasteiger charge is 2.39. The SMILES string of the molecule is COc1cc(/C=C2\CC[C@H]3CCC[C@@H](c4ccc(F)c(F)c4)N3C2=O)ccc1-n1cnc(C)c1. The maximum atomic E-state index is 13.9. The maximum absolute atomic E-state index is 13.9. The first-order valence-electron chi connectivity index (χ1n) is 11.6.